The lowest BCUT2D eigenvalue weighted by atomic mass is 9.98. The van der Waals surface area contributed by atoms with Crippen molar-refractivity contribution in [2.75, 3.05) is 13.1 Å². The first-order chi connectivity index (χ1) is 12.1. The third-order valence-corrected chi connectivity index (χ3v) is 3.75. The highest BCUT2D eigenvalue weighted by atomic mass is 35.5. The molecule has 3 N–H and O–H groups in total. The van der Waals surface area contributed by atoms with E-state index in [1.165, 1.54) is 6.20 Å². The zero-order valence-electron chi connectivity index (χ0n) is 16.1. The minimum atomic E-state index is -0.702. The molecule has 0 aromatic carbocycles. The maximum Gasteiger partial charge on any atom is 0.407 e. The van der Waals surface area contributed by atoms with Gasteiger partial charge in [0.2, 0.25) is 5.88 Å². The smallest absolute Gasteiger partial charge is 0.407 e. The van der Waals surface area contributed by atoms with Crippen LogP contribution in [0.4, 0.5) is 4.79 Å². The fraction of sp³-hybridized carbons (Fsp3) is 0.556. The van der Waals surface area contributed by atoms with E-state index in [1.807, 2.05) is 34.6 Å². The van der Waals surface area contributed by atoms with Crippen molar-refractivity contribution in [2.45, 2.75) is 51.9 Å². The third kappa shape index (κ3) is 8.03. The summed E-state index contributed by atoms with van der Waals surface area (Å²) in [6.07, 6.45) is 2.79. The highest BCUT2D eigenvalue weighted by molar-refractivity contribution is 6.30. The van der Waals surface area contributed by atoms with Gasteiger partial charge in [0.15, 0.2) is 0 Å². The second-order valence-electron chi connectivity index (χ2n) is 7.03. The number of amides is 1. The number of alkyl carbamates (subject to hydrolysis) is 1. The molecule has 1 heterocycles. The summed E-state index contributed by atoms with van der Waals surface area (Å²) >= 11 is 5.84. The molecule has 0 aliphatic rings. The number of hydrazine groups is 1. The highest BCUT2D eigenvalue weighted by Gasteiger charge is 2.30. The summed E-state index contributed by atoms with van der Waals surface area (Å²) in [4.78, 5) is 15.7. The summed E-state index contributed by atoms with van der Waals surface area (Å²) in [6.45, 7) is 14.1. The van der Waals surface area contributed by atoms with E-state index in [0.717, 1.165) is 0 Å². The molecule has 0 saturated heterocycles. The van der Waals surface area contributed by atoms with Crippen LogP contribution in [-0.4, -0.2) is 41.4 Å². The van der Waals surface area contributed by atoms with Crippen molar-refractivity contribution in [3.63, 3.8) is 0 Å². The molecular weight excluding hydrogens is 356 g/mol. The van der Waals surface area contributed by atoms with Gasteiger partial charge in [-0.2, -0.15) is 0 Å². The van der Waals surface area contributed by atoms with E-state index in [9.17, 15) is 4.79 Å². The maximum atomic E-state index is 11.6. The van der Waals surface area contributed by atoms with Gasteiger partial charge in [-0.3, -0.25) is 10.9 Å². The monoisotopic (exact) mass is 384 g/mol. The van der Waals surface area contributed by atoms with Crippen LogP contribution in [0.3, 0.4) is 0 Å². The Morgan fingerprint density at radius 1 is 1.35 bits per heavy atom. The van der Waals surface area contributed by atoms with Crippen molar-refractivity contribution in [2.24, 2.45) is 0 Å². The lowest BCUT2D eigenvalue weighted by molar-refractivity contribution is 0.0525. The van der Waals surface area contributed by atoms with Crippen LogP contribution in [0.15, 0.2) is 31.0 Å². The Morgan fingerprint density at radius 3 is 2.58 bits per heavy atom. The Bertz CT molecular complexity index is 589. The van der Waals surface area contributed by atoms with Gasteiger partial charge in [0.1, 0.15) is 11.2 Å². The third-order valence-electron chi connectivity index (χ3n) is 3.53. The fourth-order valence-corrected chi connectivity index (χ4v) is 1.98. The van der Waals surface area contributed by atoms with Gasteiger partial charge in [0.05, 0.1) is 11.1 Å². The van der Waals surface area contributed by atoms with Crippen molar-refractivity contribution in [3.8, 4) is 5.88 Å². The highest BCUT2D eigenvalue weighted by Crippen LogP contribution is 2.21. The molecule has 1 amide bonds. The van der Waals surface area contributed by atoms with Crippen molar-refractivity contribution in [1.29, 1.82) is 0 Å². The van der Waals surface area contributed by atoms with Crippen LogP contribution >= 0.6 is 11.6 Å². The second-order valence-corrected chi connectivity index (χ2v) is 7.46. The van der Waals surface area contributed by atoms with Gasteiger partial charge < -0.3 is 14.8 Å². The average molecular weight is 385 g/mol. The molecule has 0 spiro atoms. The van der Waals surface area contributed by atoms with E-state index in [2.05, 4.69) is 27.7 Å². The Kier molecular flexibility index (Phi) is 8.33. The normalized spacial score (nSPS) is 14.8. The number of halogens is 1. The Morgan fingerprint density at radius 2 is 2.04 bits per heavy atom. The van der Waals surface area contributed by atoms with Crippen LogP contribution in [0.1, 0.15) is 34.6 Å². The Labute approximate surface area is 160 Å². The minimum Gasteiger partial charge on any atom is -0.465 e. The van der Waals surface area contributed by atoms with Crippen molar-refractivity contribution in [3.05, 3.63) is 36.0 Å². The van der Waals surface area contributed by atoms with Gasteiger partial charge in [-0.1, -0.05) is 18.2 Å². The summed E-state index contributed by atoms with van der Waals surface area (Å²) in [7, 11) is 0. The number of hydrogen-bond acceptors (Lipinski definition) is 6. The number of pyridine rings is 1. The quantitative estimate of drug-likeness (QED) is 0.344. The Balaban J connectivity index is 2.39. The topological polar surface area (TPSA) is 84.5 Å². The van der Waals surface area contributed by atoms with Crippen molar-refractivity contribution < 1.29 is 14.3 Å². The molecule has 1 unspecified atom stereocenters. The van der Waals surface area contributed by atoms with Gasteiger partial charge in [-0.15, -0.1) is 0 Å². The van der Waals surface area contributed by atoms with Crippen LogP contribution < -0.4 is 20.9 Å². The second kappa shape index (κ2) is 9.75. The number of hydrogen-bond donors (Lipinski definition) is 3. The standard InChI is InChI=1S/C18H29ClN4O3/c1-7-18(6,25-15-9-8-14(19)12-21-15)13(2)23-22-11-10-20-16(24)26-17(3,4)5/h7-9,12-13,22-23H,1,10-11H2,2-6H3,(H,20,24)/t13-,18?/m1/s1. The maximum absolute atomic E-state index is 11.6. The molecule has 1 rings (SSSR count). The molecule has 0 aliphatic carbocycles. The molecule has 7 nitrogen and oxygen atoms in total. The van der Waals surface area contributed by atoms with Crippen LogP contribution in [0.5, 0.6) is 5.88 Å². The summed E-state index contributed by atoms with van der Waals surface area (Å²) in [5.41, 5.74) is 4.97. The lowest BCUT2D eigenvalue weighted by Gasteiger charge is -2.33. The zero-order valence-corrected chi connectivity index (χ0v) is 16.8. The molecule has 0 radical (unpaired) electrons. The number of nitrogens with one attached hydrogen (secondary N) is 3. The molecule has 146 valence electrons. The molecule has 0 aliphatic heterocycles. The van der Waals surface area contributed by atoms with Gasteiger partial charge in [0.25, 0.3) is 0 Å². The lowest BCUT2D eigenvalue weighted by Crippen LogP contribution is -2.55. The van der Waals surface area contributed by atoms with Crippen LogP contribution in [0.25, 0.3) is 0 Å². The zero-order chi connectivity index (χ0) is 19.8. The molecule has 8 heteroatoms. The van der Waals surface area contributed by atoms with Gasteiger partial charge >= 0.3 is 6.09 Å². The molecule has 0 bridgehead atoms. The number of rotatable bonds is 9. The summed E-state index contributed by atoms with van der Waals surface area (Å²) in [6, 6.07) is 3.29. The van der Waals surface area contributed by atoms with Crippen LogP contribution in [0.2, 0.25) is 5.02 Å². The number of carbonyl (C=O) groups is 1. The summed E-state index contributed by atoms with van der Waals surface area (Å²) < 4.78 is 11.1. The molecule has 1 aromatic rings. The molecular formula is C18H29ClN4O3. The fourth-order valence-electron chi connectivity index (χ4n) is 1.86. The number of nitrogens with zero attached hydrogens (tertiary/aromatic N) is 1. The predicted octanol–water partition coefficient (Wildman–Crippen LogP) is 3.07. The number of ether oxygens (including phenoxy) is 2. The van der Waals surface area contributed by atoms with E-state index in [-0.39, 0.29) is 6.04 Å². The summed E-state index contributed by atoms with van der Waals surface area (Å²) in [5.74, 6) is 0.456. The molecule has 2 atom stereocenters. The molecule has 0 fully saturated rings. The van der Waals surface area contributed by atoms with Gasteiger partial charge in [0, 0.05) is 25.4 Å². The first kappa shape index (κ1) is 22.2. The summed E-state index contributed by atoms with van der Waals surface area (Å²) in [5, 5.41) is 3.22. The largest absolute Gasteiger partial charge is 0.465 e. The SMILES string of the molecule is C=CC(C)(Oc1ccc(Cl)cn1)[C@@H](C)NNCCNC(=O)OC(C)(C)C. The van der Waals surface area contributed by atoms with E-state index >= 15 is 0 Å². The van der Waals surface area contributed by atoms with E-state index in [0.29, 0.717) is 24.0 Å². The van der Waals surface area contributed by atoms with Crippen molar-refractivity contribution in [1.82, 2.24) is 21.2 Å². The Hall–Kier alpha value is -1.83. The molecule has 0 saturated carbocycles. The van der Waals surface area contributed by atoms with Gasteiger partial charge in [-0.25, -0.2) is 9.78 Å². The number of carbonyl (C=O) groups excluding carboxylic acids is 1. The average Bonchev–Trinajstić information content (AvgIpc) is 2.54. The first-order valence-electron chi connectivity index (χ1n) is 8.45. The first-order valence-corrected chi connectivity index (χ1v) is 8.83. The predicted molar refractivity (Wildman–Crippen MR) is 103 cm³/mol. The molecule has 1 aromatic heterocycles. The van der Waals surface area contributed by atoms with Crippen LogP contribution in [-0.2, 0) is 4.74 Å². The molecule has 26 heavy (non-hydrogen) atoms. The minimum absolute atomic E-state index is 0.126. The van der Waals surface area contributed by atoms with E-state index in [4.69, 9.17) is 21.1 Å². The van der Waals surface area contributed by atoms with Crippen LogP contribution in [0, 0.1) is 0 Å². The van der Waals surface area contributed by atoms with E-state index in [1.54, 1.807) is 18.2 Å². The van der Waals surface area contributed by atoms with Crippen molar-refractivity contribution >= 4 is 17.7 Å². The van der Waals surface area contributed by atoms with E-state index < -0.39 is 17.3 Å². The number of aromatic nitrogens is 1. The van der Waals surface area contributed by atoms with Gasteiger partial charge in [-0.05, 0) is 46.8 Å².